The van der Waals surface area contributed by atoms with Crippen LogP contribution in [0, 0.1) is 5.92 Å². The predicted molar refractivity (Wildman–Crippen MR) is 178 cm³/mol. The fourth-order valence-corrected chi connectivity index (χ4v) is 5.22. The largest absolute Gasteiger partial charge is 0.510 e. The summed E-state index contributed by atoms with van der Waals surface area (Å²) in [5.41, 5.74) is 4.49. The summed E-state index contributed by atoms with van der Waals surface area (Å²) >= 11 is 0. The van der Waals surface area contributed by atoms with E-state index in [0.29, 0.717) is 35.4 Å². The van der Waals surface area contributed by atoms with Gasteiger partial charge >= 0.3 is 12.1 Å². The Bertz CT molecular complexity index is 1710. The number of rotatable bonds is 17. The molecule has 0 saturated carbocycles. The number of carboxylic acids is 1. The molecule has 1 amide bonds. The van der Waals surface area contributed by atoms with Crippen LogP contribution in [-0.2, 0) is 43.7 Å². The number of carbonyl (C=O) groups is 3. The molecule has 2 atom stereocenters. The van der Waals surface area contributed by atoms with E-state index in [1.165, 1.54) is 4.90 Å². The van der Waals surface area contributed by atoms with Crippen molar-refractivity contribution in [3.8, 4) is 22.5 Å². The summed E-state index contributed by atoms with van der Waals surface area (Å²) in [4.78, 5) is 44.8. The van der Waals surface area contributed by atoms with Crippen LogP contribution in [0.25, 0.3) is 22.5 Å². The number of ether oxygens (including phenoxy) is 2. The van der Waals surface area contributed by atoms with E-state index < -0.39 is 24.4 Å². The first-order valence-electron chi connectivity index (χ1n) is 16.2. The Labute approximate surface area is 289 Å². The summed E-state index contributed by atoms with van der Waals surface area (Å²) in [5.74, 6) is -1.16. The Morgan fingerprint density at radius 2 is 1.48 bits per heavy atom. The first-order valence-corrected chi connectivity index (χ1v) is 16.2. The van der Waals surface area contributed by atoms with Crippen molar-refractivity contribution in [2.75, 3.05) is 0 Å². The van der Waals surface area contributed by atoms with Gasteiger partial charge in [-0.3, -0.25) is 15.2 Å². The molecule has 1 heterocycles. The van der Waals surface area contributed by atoms with Crippen LogP contribution >= 0.6 is 0 Å². The highest BCUT2D eigenvalue weighted by atomic mass is 17.1. The van der Waals surface area contributed by atoms with Gasteiger partial charge in [-0.05, 0) is 52.3 Å². The van der Waals surface area contributed by atoms with E-state index in [1.54, 1.807) is 45.0 Å². The van der Waals surface area contributed by atoms with Gasteiger partial charge in [-0.25, -0.2) is 14.4 Å². The van der Waals surface area contributed by atoms with Gasteiger partial charge in [0.15, 0.2) is 0 Å². The normalized spacial score (nSPS) is 12.5. The van der Waals surface area contributed by atoms with Crippen LogP contribution in [0.15, 0.2) is 72.8 Å². The Kier molecular flexibility index (Phi) is 13.5. The highest BCUT2D eigenvalue weighted by Crippen LogP contribution is 2.31. The zero-order chi connectivity index (χ0) is 36.2. The molecule has 266 valence electrons. The number of hydrogen-bond acceptors (Lipinski definition) is 12. The van der Waals surface area contributed by atoms with E-state index in [-0.39, 0.29) is 37.0 Å². The van der Waals surface area contributed by atoms with E-state index in [0.717, 1.165) is 27.9 Å². The van der Waals surface area contributed by atoms with Crippen molar-refractivity contribution in [1.82, 2.24) is 30.5 Å². The lowest BCUT2D eigenvalue weighted by Crippen LogP contribution is -2.47. The van der Waals surface area contributed by atoms with Gasteiger partial charge in [0, 0.05) is 18.5 Å². The fourth-order valence-electron chi connectivity index (χ4n) is 5.22. The lowest BCUT2D eigenvalue weighted by atomic mass is 9.97. The average molecular weight is 691 g/mol. The summed E-state index contributed by atoms with van der Waals surface area (Å²) in [7, 11) is 0. The molecule has 1 aromatic heterocycles. The van der Waals surface area contributed by atoms with Crippen molar-refractivity contribution in [3.05, 3.63) is 89.5 Å². The molecular weight excluding hydrogens is 648 g/mol. The molecule has 15 heteroatoms. The number of unbranched alkanes of at least 4 members (excludes halogenated alkanes) is 1. The highest BCUT2D eigenvalue weighted by Gasteiger charge is 2.32. The van der Waals surface area contributed by atoms with E-state index in [9.17, 15) is 19.5 Å². The van der Waals surface area contributed by atoms with Gasteiger partial charge in [0.1, 0.15) is 12.6 Å². The monoisotopic (exact) mass is 690 g/mol. The van der Waals surface area contributed by atoms with Crippen LogP contribution in [-0.4, -0.2) is 70.1 Å². The summed E-state index contributed by atoms with van der Waals surface area (Å²) in [6.45, 7) is 7.21. The topological polar surface area (TPSA) is 190 Å². The molecule has 1 unspecified atom stereocenters. The standard InChI is InChI=1S/C35H42N6O9/c1-5-6-11-31(42)39(32(23(2)3)34(43)44)20-25-16-18-28(19-17-25)29-9-7-8-10-30(29)33-36-38-40(37-33)24(4)50-35(45)48-21-26-12-14-27(15-13-26)22-49-41(46)47/h7-10,12-19,23-24,32,46-47H,5-6,11,20-22H2,1-4H3,(H,43,44)/t24?,32-/m0/s1. The van der Waals surface area contributed by atoms with Crippen molar-refractivity contribution in [2.45, 2.75) is 79.0 Å². The third-order valence-electron chi connectivity index (χ3n) is 7.82. The smallest absolute Gasteiger partial charge is 0.480 e. The van der Waals surface area contributed by atoms with Gasteiger partial charge in [-0.1, -0.05) is 100.0 Å². The second kappa shape index (κ2) is 18.0. The molecular formula is C35H42N6O9. The molecule has 0 aliphatic rings. The number of aliphatic carboxylic acids is 1. The van der Waals surface area contributed by atoms with Crippen LogP contribution in [0.3, 0.4) is 0 Å². The van der Waals surface area contributed by atoms with Gasteiger partial charge in [0.2, 0.25) is 18.0 Å². The van der Waals surface area contributed by atoms with Crippen LogP contribution in [0.5, 0.6) is 0 Å². The van der Waals surface area contributed by atoms with Crippen LogP contribution in [0.4, 0.5) is 4.79 Å². The van der Waals surface area contributed by atoms with Crippen molar-refractivity contribution < 1.29 is 44.2 Å². The number of benzene rings is 3. The molecule has 0 aliphatic heterocycles. The minimum absolute atomic E-state index is 0.0618. The van der Waals surface area contributed by atoms with Crippen LogP contribution in [0.2, 0.25) is 0 Å². The SMILES string of the molecule is CCCCC(=O)N(Cc1ccc(-c2ccccc2-c2nnn(C(C)OC(=O)OCc3ccc(CON(O)O)cc3)n2)cc1)[C@H](C(=O)O)C(C)C. The second-order valence-corrected chi connectivity index (χ2v) is 11.9. The van der Waals surface area contributed by atoms with Crippen molar-refractivity contribution >= 4 is 18.0 Å². The second-order valence-electron chi connectivity index (χ2n) is 11.9. The molecule has 0 radical (unpaired) electrons. The number of amides is 1. The van der Waals surface area contributed by atoms with Gasteiger partial charge in [0.05, 0.1) is 12.0 Å². The first-order chi connectivity index (χ1) is 24.0. The zero-order valence-electron chi connectivity index (χ0n) is 28.4. The van der Waals surface area contributed by atoms with Crippen LogP contribution < -0.4 is 0 Å². The van der Waals surface area contributed by atoms with E-state index in [1.807, 2.05) is 55.5 Å². The average Bonchev–Trinajstić information content (AvgIpc) is 3.59. The van der Waals surface area contributed by atoms with E-state index in [4.69, 9.17) is 19.9 Å². The maximum atomic E-state index is 13.1. The molecule has 0 saturated heterocycles. The van der Waals surface area contributed by atoms with Crippen LogP contribution in [0.1, 0.15) is 69.9 Å². The third kappa shape index (κ3) is 10.4. The van der Waals surface area contributed by atoms with Gasteiger partial charge in [0.25, 0.3) is 0 Å². The Balaban J connectivity index is 1.41. The third-order valence-corrected chi connectivity index (χ3v) is 7.82. The van der Waals surface area contributed by atoms with E-state index in [2.05, 4.69) is 20.2 Å². The van der Waals surface area contributed by atoms with Crippen molar-refractivity contribution in [1.29, 1.82) is 0 Å². The maximum Gasteiger partial charge on any atom is 0.510 e. The molecule has 15 nitrogen and oxygen atoms in total. The lowest BCUT2D eigenvalue weighted by Gasteiger charge is -2.32. The highest BCUT2D eigenvalue weighted by molar-refractivity contribution is 5.84. The number of carboxylic acid groups (broad SMARTS) is 1. The Hall–Kier alpha value is -5.22. The quantitative estimate of drug-likeness (QED) is 0.0862. The minimum Gasteiger partial charge on any atom is -0.480 e. The van der Waals surface area contributed by atoms with Gasteiger partial charge in [-0.2, -0.15) is 0 Å². The Morgan fingerprint density at radius 1 is 0.860 bits per heavy atom. The molecule has 3 aromatic carbocycles. The molecule has 4 aromatic rings. The Morgan fingerprint density at radius 3 is 2.08 bits per heavy atom. The predicted octanol–water partition coefficient (Wildman–Crippen LogP) is 6.02. The van der Waals surface area contributed by atoms with E-state index >= 15 is 0 Å². The van der Waals surface area contributed by atoms with Gasteiger partial charge < -0.3 is 19.5 Å². The van der Waals surface area contributed by atoms with Crippen molar-refractivity contribution in [3.63, 3.8) is 0 Å². The summed E-state index contributed by atoms with van der Waals surface area (Å²) in [6, 6.07) is 20.8. The number of nitrogens with zero attached hydrogens (tertiary/aromatic N) is 6. The summed E-state index contributed by atoms with van der Waals surface area (Å²) in [6.07, 6.45) is -0.0493. The number of aromatic nitrogens is 4. The molecule has 0 spiro atoms. The minimum atomic E-state index is -1.03. The number of hydrogen-bond donors (Lipinski definition) is 3. The lowest BCUT2D eigenvalue weighted by molar-refractivity contribution is -0.497. The summed E-state index contributed by atoms with van der Waals surface area (Å²) in [5, 5.41) is 39.5. The van der Waals surface area contributed by atoms with Gasteiger partial charge in [-0.15, -0.1) is 15.0 Å². The molecule has 3 N–H and O–H groups in total. The maximum absolute atomic E-state index is 13.1. The molecule has 50 heavy (non-hydrogen) atoms. The first kappa shape index (κ1) is 37.6. The molecule has 0 bridgehead atoms. The summed E-state index contributed by atoms with van der Waals surface area (Å²) < 4.78 is 10.5. The molecule has 0 fully saturated rings. The number of carbonyl (C=O) groups excluding carboxylic acids is 2. The van der Waals surface area contributed by atoms with Crippen molar-refractivity contribution in [2.24, 2.45) is 5.92 Å². The molecule has 4 rings (SSSR count). The fraction of sp³-hybridized carbons (Fsp3) is 0.371. The molecule has 0 aliphatic carbocycles. The zero-order valence-corrected chi connectivity index (χ0v) is 28.4. The number of tetrazole rings is 1.